The zero-order valence-electron chi connectivity index (χ0n) is 9.22. The van der Waals surface area contributed by atoms with E-state index >= 15 is 0 Å². The summed E-state index contributed by atoms with van der Waals surface area (Å²) in [5.74, 6) is 0.335. The van der Waals surface area contributed by atoms with Gasteiger partial charge in [-0.2, -0.15) is 0 Å². The molecule has 1 aromatic rings. The highest BCUT2D eigenvalue weighted by atomic mass is 32.1. The molecule has 2 heterocycles. The molecule has 1 fully saturated rings. The van der Waals surface area contributed by atoms with Crippen molar-refractivity contribution in [2.24, 2.45) is 5.92 Å². The van der Waals surface area contributed by atoms with Crippen molar-refractivity contribution in [3.8, 4) is 0 Å². The van der Waals surface area contributed by atoms with Crippen LogP contribution in [0.4, 0.5) is 0 Å². The second-order valence-corrected chi connectivity index (χ2v) is 5.34. The van der Waals surface area contributed by atoms with E-state index in [1.807, 2.05) is 11.3 Å². The smallest absolute Gasteiger partial charge is 0.0488 e. The third kappa shape index (κ3) is 2.41. The molecule has 0 amide bonds. The van der Waals surface area contributed by atoms with E-state index in [2.05, 4.69) is 29.3 Å². The van der Waals surface area contributed by atoms with E-state index in [1.165, 1.54) is 30.8 Å². The zero-order chi connectivity index (χ0) is 10.7. The van der Waals surface area contributed by atoms with E-state index < -0.39 is 0 Å². The lowest BCUT2D eigenvalue weighted by molar-refractivity contribution is 0.128. The van der Waals surface area contributed by atoms with Gasteiger partial charge in [0.15, 0.2) is 0 Å². The third-order valence-electron chi connectivity index (χ3n) is 3.20. The van der Waals surface area contributed by atoms with Gasteiger partial charge in [-0.3, -0.25) is 4.90 Å². The normalized spacial score (nSPS) is 21.7. The Morgan fingerprint density at radius 2 is 2.20 bits per heavy atom. The van der Waals surface area contributed by atoms with Crippen molar-refractivity contribution >= 4 is 11.3 Å². The quantitative estimate of drug-likeness (QED) is 0.851. The Bertz CT molecular complexity index is 280. The van der Waals surface area contributed by atoms with Crippen molar-refractivity contribution in [1.82, 2.24) is 4.90 Å². The summed E-state index contributed by atoms with van der Waals surface area (Å²) in [5.41, 5.74) is 0. The molecule has 1 saturated heterocycles. The van der Waals surface area contributed by atoms with Gasteiger partial charge in [-0.05, 0) is 43.3 Å². The van der Waals surface area contributed by atoms with E-state index in [0.29, 0.717) is 12.0 Å². The van der Waals surface area contributed by atoms with Crippen LogP contribution in [0.1, 0.15) is 30.7 Å². The molecule has 1 aromatic heterocycles. The van der Waals surface area contributed by atoms with E-state index in [1.54, 1.807) is 0 Å². The SMILES string of the molecule is CC(CO)C(c1cccs1)N1CCCC1. The molecule has 0 aliphatic carbocycles. The van der Waals surface area contributed by atoms with Gasteiger partial charge in [0, 0.05) is 17.5 Å². The largest absolute Gasteiger partial charge is 0.396 e. The van der Waals surface area contributed by atoms with Crippen molar-refractivity contribution in [3.05, 3.63) is 22.4 Å². The number of hydrogen-bond acceptors (Lipinski definition) is 3. The van der Waals surface area contributed by atoms with Gasteiger partial charge in [-0.15, -0.1) is 11.3 Å². The number of aliphatic hydroxyl groups excluding tert-OH is 1. The fraction of sp³-hybridized carbons (Fsp3) is 0.667. The predicted molar refractivity (Wildman–Crippen MR) is 64.1 cm³/mol. The molecular weight excluding hydrogens is 206 g/mol. The van der Waals surface area contributed by atoms with Gasteiger partial charge >= 0.3 is 0 Å². The van der Waals surface area contributed by atoms with Crippen LogP contribution in [0, 0.1) is 5.92 Å². The molecule has 0 spiro atoms. The van der Waals surface area contributed by atoms with Crippen LogP contribution < -0.4 is 0 Å². The lowest BCUT2D eigenvalue weighted by Crippen LogP contribution is -2.31. The first-order valence-electron chi connectivity index (χ1n) is 5.71. The average Bonchev–Trinajstić information content (AvgIpc) is 2.90. The Labute approximate surface area is 95.5 Å². The highest BCUT2D eigenvalue weighted by Crippen LogP contribution is 2.33. The van der Waals surface area contributed by atoms with E-state index in [-0.39, 0.29) is 6.61 Å². The van der Waals surface area contributed by atoms with Crippen LogP contribution in [0.15, 0.2) is 17.5 Å². The monoisotopic (exact) mass is 225 g/mol. The van der Waals surface area contributed by atoms with Crippen LogP contribution >= 0.6 is 11.3 Å². The Morgan fingerprint density at radius 3 is 2.73 bits per heavy atom. The standard InChI is InChI=1S/C12H19NOS/c1-10(9-14)12(11-5-4-8-15-11)13-6-2-3-7-13/h4-5,8,10,12,14H,2-3,6-7,9H2,1H3. The minimum absolute atomic E-state index is 0.277. The Kier molecular flexibility index (Phi) is 3.78. The van der Waals surface area contributed by atoms with Crippen LogP contribution in [-0.4, -0.2) is 29.7 Å². The number of rotatable bonds is 4. The number of nitrogens with zero attached hydrogens (tertiary/aromatic N) is 1. The lowest BCUT2D eigenvalue weighted by Gasteiger charge is -2.30. The van der Waals surface area contributed by atoms with Crippen molar-refractivity contribution in [2.75, 3.05) is 19.7 Å². The Hall–Kier alpha value is -0.380. The van der Waals surface area contributed by atoms with Crippen LogP contribution in [0.3, 0.4) is 0 Å². The van der Waals surface area contributed by atoms with Gasteiger partial charge in [0.05, 0.1) is 0 Å². The second-order valence-electron chi connectivity index (χ2n) is 4.36. The summed E-state index contributed by atoms with van der Waals surface area (Å²) in [6, 6.07) is 4.73. The van der Waals surface area contributed by atoms with Crippen LogP contribution in [0.2, 0.25) is 0 Å². The first kappa shape index (κ1) is 11.1. The average molecular weight is 225 g/mol. The highest BCUT2D eigenvalue weighted by molar-refractivity contribution is 7.10. The maximum absolute atomic E-state index is 9.34. The van der Waals surface area contributed by atoms with E-state index in [4.69, 9.17) is 0 Å². The first-order chi connectivity index (χ1) is 7.33. The summed E-state index contributed by atoms with van der Waals surface area (Å²) >= 11 is 1.81. The van der Waals surface area contributed by atoms with Crippen LogP contribution in [0.5, 0.6) is 0 Å². The molecule has 2 nitrogen and oxygen atoms in total. The minimum atomic E-state index is 0.277. The molecule has 1 aliphatic heterocycles. The van der Waals surface area contributed by atoms with Crippen molar-refractivity contribution in [2.45, 2.75) is 25.8 Å². The molecule has 3 heteroatoms. The van der Waals surface area contributed by atoms with Crippen molar-refractivity contribution in [3.63, 3.8) is 0 Å². The van der Waals surface area contributed by atoms with E-state index in [0.717, 1.165) is 0 Å². The van der Waals surface area contributed by atoms with Gasteiger partial charge in [0.2, 0.25) is 0 Å². The van der Waals surface area contributed by atoms with Gasteiger partial charge < -0.3 is 5.11 Å². The molecule has 0 bridgehead atoms. The summed E-state index contributed by atoms with van der Waals surface area (Å²) in [5, 5.41) is 11.5. The topological polar surface area (TPSA) is 23.5 Å². The molecule has 0 aromatic carbocycles. The number of likely N-dealkylation sites (tertiary alicyclic amines) is 1. The number of aliphatic hydroxyl groups is 1. The Balaban J connectivity index is 2.15. The van der Waals surface area contributed by atoms with E-state index in [9.17, 15) is 5.11 Å². The lowest BCUT2D eigenvalue weighted by atomic mass is 10.00. The fourth-order valence-corrected chi connectivity index (χ4v) is 3.39. The molecule has 2 rings (SSSR count). The maximum Gasteiger partial charge on any atom is 0.0488 e. The molecule has 0 saturated carbocycles. The number of thiophene rings is 1. The molecular formula is C12H19NOS. The van der Waals surface area contributed by atoms with Gasteiger partial charge in [0.25, 0.3) is 0 Å². The minimum Gasteiger partial charge on any atom is -0.396 e. The molecule has 1 N–H and O–H groups in total. The van der Waals surface area contributed by atoms with Gasteiger partial charge in [-0.25, -0.2) is 0 Å². The molecule has 1 aliphatic rings. The zero-order valence-corrected chi connectivity index (χ0v) is 10.0. The number of hydrogen-bond donors (Lipinski definition) is 1. The molecule has 84 valence electrons. The molecule has 15 heavy (non-hydrogen) atoms. The van der Waals surface area contributed by atoms with Crippen LogP contribution in [0.25, 0.3) is 0 Å². The maximum atomic E-state index is 9.34. The Morgan fingerprint density at radius 1 is 1.47 bits per heavy atom. The fourth-order valence-electron chi connectivity index (χ4n) is 2.40. The summed E-state index contributed by atoms with van der Waals surface area (Å²) < 4.78 is 0. The van der Waals surface area contributed by atoms with Gasteiger partial charge in [-0.1, -0.05) is 13.0 Å². The van der Waals surface area contributed by atoms with Crippen molar-refractivity contribution < 1.29 is 5.11 Å². The predicted octanol–water partition coefficient (Wildman–Crippen LogP) is 2.51. The molecule has 2 atom stereocenters. The highest BCUT2D eigenvalue weighted by Gasteiger charge is 2.28. The summed E-state index contributed by atoms with van der Waals surface area (Å²) in [6.45, 7) is 4.79. The first-order valence-corrected chi connectivity index (χ1v) is 6.59. The summed E-state index contributed by atoms with van der Waals surface area (Å²) in [4.78, 5) is 3.92. The summed E-state index contributed by atoms with van der Waals surface area (Å²) in [7, 11) is 0. The molecule has 2 unspecified atom stereocenters. The van der Waals surface area contributed by atoms with Crippen LogP contribution in [-0.2, 0) is 0 Å². The van der Waals surface area contributed by atoms with Gasteiger partial charge in [0.1, 0.15) is 0 Å². The molecule has 0 radical (unpaired) electrons. The summed E-state index contributed by atoms with van der Waals surface area (Å²) in [6.07, 6.45) is 2.61. The van der Waals surface area contributed by atoms with Crippen molar-refractivity contribution in [1.29, 1.82) is 0 Å². The second kappa shape index (κ2) is 5.10. The third-order valence-corrected chi connectivity index (χ3v) is 4.14.